The van der Waals surface area contributed by atoms with E-state index in [9.17, 15) is 29.8 Å². The number of hydrogen-bond acceptors (Lipinski definition) is 6. The highest BCUT2D eigenvalue weighted by Gasteiger charge is 2.24. The maximum Gasteiger partial charge on any atom is 0.269 e. The standard InChI is InChI=1S/C16H8N2O6/c19-15-13(9-1-5-11(6-2-9)17(21)22)14(16(15)20)10-3-7-12(8-4-10)18(23)24/h1-8H. The average molecular weight is 324 g/mol. The Bertz CT molecular complexity index is 943. The van der Waals surface area contributed by atoms with Crippen LogP contribution in [-0.4, -0.2) is 9.85 Å². The van der Waals surface area contributed by atoms with Gasteiger partial charge in [0.05, 0.1) is 9.85 Å². The molecule has 0 radical (unpaired) electrons. The predicted octanol–water partition coefficient (Wildman–Crippen LogP) is 2.43. The monoisotopic (exact) mass is 324 g/mol. The van der Waals surface area contributed by atoms with Crippen LogP contribution >= 0.6 is 0 Å². The van der Waals surface area contributed by atoms with Gasteiger partial charge in [-0.15, -0.1) is 0 Å². The number of nitro groups is 2. The first-order valence-electron chi connectivity index (χ1n) is 6.73. The number of non-ortho nitro benzene ring substituents is 2. The molecule has 0 aliphatic carbocycles. The molecular weight excluding hydrogens is 316 g/mol. The van der Waals surface area contributed by atoms with Crippen LogP contribution in [0.15, 0.2) is 58.1 Å². The zero-order valence-corrected chi connectivity index (χ0v) is 12.0. The molecule has 24 heavy (non-hydrogen) atoms. The fourth-order valence-corrected chi connectivity index (χ4v) is 2.44. The topological polar surface area (TPSA) is 120 Å². The maximum absolute atomic E-state index is 11.9. The molecule has 8 heteroatoms. The van der Waals surface area contributed by atoms with Gasteiger partial charge in [-0.3, -0.25) is 29.8 Å². The molecule has 0 N–H and O–H groups in total. The minimum atomic E-state index is -0.683. The van der Waals surface area contributed by atoms with Gasteiger partial charge in [0, 0.05) is 35.4 Å². The molecule has 118 valence electrons. The zero-order valence-electron chi connectivity index (χ0n) is 12.0. The Kier molecular flexibility index (Phi) is 3.49. The lowest BCUT2D eigenvalue weighted by atomic mass is 9.89. The van der Waals surface area contributed by atoms with E-state index in [1.54, 1.807) is 0 Å². The van der Waals surface area contributed by atoms with Crippen molar-refractivity contribution in [3.05, 3.63) is 89.2 Å². The Morgan fingerprint density at radius 3 is 1.12 bits per heavy atom. The van der Waals surface area contributed by atoms with Gasteiger partial charge in [-0.05, 0) is 35.4 Å². The fraction of sp³-hybridized carbons (Fsp3) is 0. The average Bonchev–Trinajstić information content (AvgIpc) is 2.59. The summed E-state index contributed by atoms with van der Waals surface area (Å²) < 4.78 is 0. The third kappa shape index (κ3) is 2.35. The van der Waals surface area contributed by atoms with Crippen molar-refractivity contribution < 1.29 is 9.85 Å². The highest BCUT2D eigenvalue weighted by molar-refractivity contribution is 5.87. The number of nitro benzene ring substituents is 2. The van der Waals surface area contributed by atoms with Crippen molar-refractivity contribution in [3.8, 4) is 22.3 Å². The van der Waals surface area contributed by atoms with E-state index in [1.165, 1.54) is 48.5 Å². The van der Waals surface area contributed by atoms with E-state index in [2.05, 4.69) is 0 Å². The molecule has 0 saturated heterocycles. The van der Waals surface area contributed by atoms with Gasteiger partial charge in [0.25, 0.3) is 11.4 Å². The summed E-state index contributed by atoms with van der Waals surface area (Å²) in [7, 11) is 0. The van der Waals surface area contributed by atoms with Gasteiger partial charge in [0.2, 0.25) is 10.9 Å². The van der Waals surface area contributed by atoms with E-state index in [4.69, 9.17) is 0 Å². The molecule has 0 spiro atoms. The van der Waals surface area contributed by atoms with E-state index in [0.29, 0.717) is 11.1 Å². The molecule has 0 atom stereocenters. The van der Waals surface area contributed by atoms with Crippen molar-refractivity contribution in [2.24, 2.45) is 0 Å². The summed E-state index contributed by atoms with van der Waals surface area (Å²) in [5, 5.41) is 21.3. The third-order valence-electron chi connectivity index (χ3n) is 3.64. The second kappa shape index (κ2) is 5.51. The highest BCUT2D eigenvalue weighted by Crippen LogP contribution is 2.30. The van der Waals surface area contributed by atoms with Gasteiger partial charge in [-0.2, -0.15) is 0 Å². The van der Waals surface area contributed by atoms with E-state index >= 15 is 0 Å². The van der Waals surface area contributed by atoms with Gasteiger partial charge >= 0.3 is 0 Å². The molecule has 0 heterocycles. The first kappa shape index (κ1) is 15.2. The molecule has 3 rings (SSSR count). The largest absolute Gasteiger partial charge is 0.285 e. The summed E-state index contributed by atoms with van der Waals surface area (Å²) in [6.07, 6.45) is 0. The lowest BCUT2D eigenvalue weighted by Gasteiger charge is -2.11. The summed E-state index contributed by atoms with van der Waals surface area (Å²) in [6, 6.07) is 10.5. The molecule has 0 aromatic heterocycles. The van der Waals surface area contributed by atoms with Crippen LogP contribution in [0.3, 0.4) is 0 Å². The van der Waals surface area contributed by atoms with Crippen LogP contribution < -0.4 is 10.9 Å². The first-order chi connectivity index (χ1) is 11.4. The second-order valence-corrected chi connectivity index (χ2v) is 5.02. The lowest BCUT2D eigenvalue weighted by Crippen LogP contribution is -2.34. The van der Waals surface area contributed by atoms with Crippen LogP contribution in [0.2, 0.25) is 0 Å². The number of nitrogens with zero attached hydrogens (tertiary/aromatic N) is 2. The van der Waals surface area contributed by atoms with Crippen molar-refractivity contribution in [3.63, 3.8) is 0 Å². The van der Waals surface area contributed by atoms with Crippen molar-refractivity contribution in [1.82, 2.24) is 0 Å². The molecule has 3 aromatic rings. The summed E-state index contributed by atoms with van der Waals surface area (Å²) in [6.45, 7) is 0. The van der Waals surface area contributed by atoms with Crippen molar-refractivity contribution >= 4 is 11.4 Å². The summed E-state index contributed by atoms with van der Waals surface area (Å²) in [5.74, 6) is 0. The van der Waals surface area contributed by atoms with Gasteiger partial charge in [-0.25, -0.2) is 0 Å². The number of hydrogen-bond donors (Lipinski definition) is 0. The van der Waals surface area contributed by atoms with Crippen LogP contribution in [0.25, 0.3) is 22.3 Å². The molecule has 0 unspecified atom stereocenters. The van der Waals surface area contributed by atoms with E-state index < -0.39 is 20.7 Å². The SMILES string of the molecule is O=c1c(-c2ccc([N+](=O)[O-])cc2)c(-c2ccc([N+](=O)[O-])cc2)c1=O. The number of rotatable bonds is 4. The van der Waals surface area contributed by atoms with E-state index in [-0.39, 0.29) is 22.5 Å². The molecule has 0 amide bonds. The van der Waals surface area contributed by atoms with Crippen molar-refractivity contribution in [2.45, 2.75) is 0 Å². The Morgan fingerprint density at radius 1 is 0.583 bits per heavy atom. The summed E-state index contributed by atoms with van der Waals surface area (Å²) >= 11 is 0. The smallest absolute Gasteiger partial charge is 0.269 e. The molecule has 0 aliphatic heterocycles. The molecular formula is C16H8N2O6. The normalized spacial score (nSPS) is 10.7. The van der Waals surface area contributed by atoms with E-state index in [0.717, 1.165) is 0 Å². The predicted molar refractivity (Wildman–Crippen MR) is 85.5 cm³/mol. The minimum Gasteiger partial charge on any atom is -0.285 e. The molecule has 8 nitrogen and oxygen atoms in total. The van der Waals surface area contributed by atoms with Crippen LogP contribution in [-0.2, 0) is 0 Å². The zero-order chi connectivity index (χ0) is 17.4. The Balaban J connectivity index is 2.07. The first-order valence-corrected chi connectivity index (χ1v) is 6.73. The molecule has 0 saturated carbocycles. The van der Waals surface area contributed by atoms with Crippen molar-refractivity contribution in [2.75, 3.05) is 0 Å². The lowest BCUT2D eigenvalue weighted by molar-refractivity contribution is -0.385. The van der Waals surface area contributed by atoms with Gasteiger partial charge in [0.15, 0.2) is 0 Å². The molecule has 0 fully saturated rings. The van der Waals surface area contributed by atoms with Crippen molar-refractivity contribution in [1.29, 1.82) is 0 Å². The quantitative estimate of drug-likeness (QED) is 0.413. The van der Waals surface area contributed by atoms with E-state index in [1.807, 2.05) is 0 Å². The molecule has 0 aliphatic rings. The molecule has 0 bridgehead atoms. The minimum absolute atomic E-state index is 0.130. The third-order valence-corrected chi connectivity index (χ3v) is 3.64. The van der Waals surface area contributed by atoms with Crippen LogP contribution in [0.1, 0.15) is 0 Å². The highest BCUT2D eigenvalue weighted by atomic mass is 16.6. The summed E-state index contributed by atoms with van der Waals surface area (Å²) in [4.78, 5) is 44.0. The van der Waals surface area contributed by atoms with Gasteiger partial charge in [-0.1, -0.05) is 0 Å². The van der Waals surface area contributed by atoms with Crippen LogP contribution in [0.5, 0.6) is 0 Å². The maximum atomic E-state index is 11.9. The van der Waals surface area contributed by atoms with Crippen LogP contribution in [0.4, 0.5) is 11.4 Å². The second-order valence-electron chi connectivity index (χ2n) is 5.02. The summed E-state index contributed by atoms with van der Waals surface area (Å²) in [5.41, 5.74) is -0.539. The Labute approximate surface area is 133 Å². The van der Waals surface area contributed by atoms with Crippen LogP contribution in [0, 0.1) is 20.2 Å². The Morgan fingerprint density at radius 2 is 0.875 bits per heavy atom. The number of benzene rings is 2. The molecule has 3 aromatic carbocycles. The van der Waals surface area contributed by atoms with Gasteiger partial charge < -0.3 is 0 Å². The fourth-order valence-electron chi connectivity index (χ4n) is 2.44. The Hall–Kier alpha value is -3.68. The van der Waals surface area contributed by atoms with Gasteiger partial charge in [0.1, 0.15) is 0 Å².